The third-order valence-electron chi connectivity index (χ3n) is 3.03. The van der Waals surface area contributed by atoms with Crippen LogP contribution in [0.15, 0.2) is 30.5 Å². The molecule has 2 rings (SSSR count). The van der Waals surface area contributed by atoms with Crippen molar-refractivity contribution in [1.82, 2.24) is 15.1 Å². The number of hydrogen-bond acceptors (Lipinski definition) is 2. The second-order valence-electron chi connectivity index (χ2n) is 4.37. The highest BCUT2D eigenvalue weighted by molar-refractivity contribution is 14.1. The maximum Gasteiger partial charge on any atom is 0.0837 e. The third kappa shape index (κ3) is 3.30. The van der Waals surface area contributed by atoms with Gasteiger partial charge in [0.25, 0.3) is 0 Å². The maximum atomic E-state index is 6.31. The van der Waals surface area contributed by atoms with E-state index in [1.807, 2.05) is 11.7 Å². The molecule has 2 aromatic rings. The molecule has 1 aromatic carbocycles. The summed E-state index contributed by atoms with van der Waals surface area (Å²) in [5.41, 5.74) is 2.23. The van der Waals surface area contributed by atoms with E-state index in [1.165, 1.54) is 9.13 Å². The van der Waals surface area contributed by atoms with Gasteiger partial charge < -0.3 is 5.32 Å². The van der Waals surface area contributed by atoms with E-state index in [1.54, 1.807) is 6.20 Å². The van der Waals surface area contributed by atoms with Crippen LogP contribution in [0, 0.1) is 3.57 Å². The molecule has 19 heavy (non-hydrogen) atoms. The van der Waals surface area contributed by atoms with Crippen LogP contribution in [0.25, 0.3) is 0 Å². The molecule has 0 aliphatic rings. The van der Waals surface area contributed by atoms with Crippen LogP contribution in [-0.2, 0) is 6.54 Å². The van der Waals surface area contributed by atoms with Crippen LogP contribution >= 0.6 is 34.2 Å². The Hall–Kier alpha value is -0.590. The highest BCUT2D eigenvalue weighted by Crippen LogP contribution is 2.28. The van der Waals surface area contributed by atoms with Crippen LogP contribution in [0.1, 0.15) is 30.6 Å². The lowest BCUT2D eigenvalue weighted by atomic mass is 10.0. The Kier molecular flexibility index (Phi) is 5.24. The molecule has 1 N–H and O–H groups in total. The fourth-order valence-corrected chi connectivity index (χ4v) is 2.78. The van der Waals surface area contributed by atoms with Gasteiger partial charge in [-0.15, -0.1) is 0 Å². The van der Waals surface area contributed by atoms with Crippen molar-refractivity contribution < 1.29 is 0 Å². The molecule has 0 saturated heterocycles. The minimum Gasteiger partial charge on any atom is -0.308 e. The molecular weight excluding hydrogens is 373 g/mol. The van der Waals surface area contributed by atoms with Gasteiger partial charge in [0.1, 0.15) is 0 Å². The maximum absolute atomic E-state index is 6.31. The van der Waals surface area contributed by atoms with Crippen molar-refractivity contribution >= 4 is 34.2 Å². The normalized spacial score (nSPS) is 12.6. The number of aromatic nitrogens is 2. The Morgan fingerprint density at radius 2 is 2.05 bits per heavy atom. The van der Waals surface area contributed by atoms with Crippen LogP contribution in [0.5, 0.6) is 0 Å². The summed E-state index contributed by atoms with van der Waals surface area (Å²) in [4.78, 5) is 0. The summed E-state index contributed by atoms with van der Waals surface area (Å²) in [6.07, 6.45) is 2.76. The van der Waals surface area contributed by atoms with Crippen molar-refractivity contribution in [2.45, 2.75) is 25.9 Å². The molecule has 0 radical (unpaired) electrons. The van der Waals surface area contributed by atoms with E-state index in [4.69, 9.17) is 11.6 Å². The van der Waals surface area contributed by atoms with E-state index < -0.39 is 0 Å². The SMILES string of the molecule is CCCn1ncc(Cl)c1C(NC)c1ccc(I)cc1. The van der Waals surface area contributed by atoms with E-state index in [9.17, 15) is 0 Å². The van der Waals surface area contributed by atoms with Crippen molar-refractivity contribution in [3.05, 3.63) is 50.3 Å². The zero-order chi connectivity index (χ0) is 13.8. The summed E-state index contributed by atoms with van der Waals surface area (Å²) >= 11 is 8.62. The molecule has 3 nitrogen and oxygen atoms in total. The average molecular weight is 390 g/mol. The summed E-state index contributed by atoms with van der Waals surface area (Å²) in [6, 6.07) is 8.53. The first-order chi connectivity index (χ1) is 9.17. The summed E-state index contributed by atoms with van der Waals surface area (Å²) in [6.45, 7) is 3.02. The largest absolute Gasteiger partial charge is 0.308 e. The van der Waals surface area contributed by atoms with Crippen LogP contribution in [0.2, 0.25) is 5.02 Å². The van der Waals surface area contributed by atoms with Gasteiger partial charge in [0.15, 0.2) is 0 Å². The minimum absolute atomic E-state index is 0.0681. The minimum atomic E-state index is 0.0681. The molecule has 0 spiro atoms. The molecule has 0 aliphatic heterocycles. The number of rotatable bonds is 5. The molecule has 0 fully saturated rings. The number of nitrogens with zero attached hydrogens (tertiary/aromatic N) is 2. The second-order valence-corrected chi connectivity index (χ2v) is 6.03. The first-order valence-corrected chi connectivity index (χ1v) is 7.77. The van der Waals surface area contributed by atoms with Gasteiger partial charge >= 0.3 is 0 Å². The van der Waals surface area contributed by atoms with Crippen molar-refractivity contribution in [1.29, 1.82) is 0 Å². The zero-order valence-corrected chi connectivity index (χ0v) is 13.9. The van der Waals surface area contributed by atoms with E-state index in [0.29, 0.717) is 5.02 Å². The number of nitrogens with one attached hydrogen (secondary N) is 1. The Morgan fingerprint density at radius 3 is 2.63 bits per heavy atom. The molecule has 1 unspecified atom stereocenters. The van der Waals surface area contributed by atoms with Gasteiger partial charge in [0, 0.05) is 10.1 Å². The Balaban J connectivity index is 2.41. The molecule has 0 bridgehead atoms. The topological polar surface area (TPSA) is 29.9 Å². The van der Waals surface area contributed by atoms with Gasteiger partial charge in [-0.2, -0.15) is 5.10 Å². The van der Waals surface area contributed by atoms with Crippen molar-refractivity contribution in [3.63, 3.8) is 0 Å². The molecule has 0 aliphatic carbocycles. The van der Waals surface area contributed by atoms with Crippen LogP contribution in [0.3, 0.4) is 0 Å². The van der Waals surface area contributed by atoms with Crippen LogP contribution in [0.4, 0.5) is 0 Å². The van der Waals surface area contributed by atoms with Crippen LogP contribution < -0.4 is 5.32 Å². The summed E-state index contributed by atoms with van der Waals surface area (Å²) in [5, 5.41) is 8.41. The molecule has 0 saturated carbocycles. The standard InChI is InChI=1S/C14H17ClIN3/c1-3-8-19-14(12(15)9-18-19)13(17-2)10-4-6-11(16)7-5-10/h4-7,9,13,17H,3,8H2,1-2H3. The molecule has 102 valence electrons. The number of aryl methyl sites for hydroxylation is 1. The summed E-state index contributed by atoms with van der Waals surface area (Å²) in [7, 11) is 1.95. The first kappa shape index (κ1) is 14.8. The monoisotopic (exact) mass is 389 g/mol. The average Bonchev–Trinajstić information content (AvgIpc) is 2.76. The van der Waals surface area contributed by atoms with Gasteiger partial charge in [0.05, 0.1) is 23.0 Å². The lowest BCUT2D eigenvalue weighted by Crippen LogP contribution is -2.22. The number of halogens is 2. The molecule has 1 heterocycles. The molecule has 0 amide bonds. The van der Waals surface area contributed by atoms with E-state index in [0.717, 1.165) is 18.7 Å². The predicted molar refractivity (Wildman–Crippen MR) is 87.6 cm³/mol. The van der Waals surface area contributed by atoms with E-state index in [-0.39, 0.29) is 6.04 Å². The highest BCUT2D eigenvalue weighted by atomic mass is 127. The van der Waals surface area contributed by atoms with E-state index in [2.05, 4.69) is 64.2 Å². The first-order valence-electron chi connectivity index (χ1n) is 6.31. The van der Waals surface area contributed by atoms with Gasteiger partial charge in [-0.25, -0.2) is 0 Å². The Bertz CT molecular complexity index is 536. The van der Waals surface area contributed by atoms with Crippen molar-refractivity contribution in [2.75, 3.05) is 7.05 Å². The highest BCUT2D eigenvalue weighted by Gasteiger charge is 2.20. The summed E-state index contributed by atoms with van der Waals surface area (Å²) < 4.78 is 3.21. The van der Waals surface area contributed by atoms with Gasteiger partial charge in [-0.3, -0.25) is 4.68 Å². The van der Waals surface area contributed by atoms with Gasteiger partial charge in [-0.05, 0) is 53.8 Å². The third-order valence-corrected chi connectivity index (χ3v) is 4.04. The lowest BCUT2D eigenvalue weighted by Gasteiger charge is -2.19. The molecule has 5 heteroatoms. The predicted octanol–water partition coefficient (Wildman–Crippen LogP) is 3.86. The van der Waals surface area contributed by atoms with Gasteiger partial charge in [-0.1, -0.05) is 30.7 Å². The number of hydrogen-bond donors (Lipinski definition) is 1. The Morgan fingerprint density at radius 1 is 1.37 bits per heavy atom. The van der Waals surface area contributed by atoms with E-state index >= 15 is 0 Å². The fourth-order valence-electron chi connectivity index (χ4n) is 2.17. The molecule has 1 atom stereocenters. The smallest absolute Gasteiger partial charge is 0.0837 e. The fraction of sp³-hybridized carbons (Fsp3) is 0.357. The lowest BCUT2D eigenvalue weighted by molar-refractivity contribution is 0.535. The quantitative estimate of drug-likeness (QED) is 0.787. The second kappa shape index (κ2) is 6.72. The van der Waals surface area contributed by atoms with Crippen molar-refractivity contribution in [3.8, 4) is 0 Å². The zero-order valence-electron chi connectivity index (χ0n) is 11.0. The molecular formula is C14H17ClIN3. The van der Waals surface area contributed by atoms with Gasteiger partial charge in [0.2, 0.25) is 0 Å². The van der Waals surface area contributed by atoms with Crippen molar-refractivity contribution in [2.24, 2.45) is 0 Å². The summed E-state index contributed by atoms with van der Waals surface area (Å²) in [5.74, 6) is 0. The Labute approximate surface area is 132 Å². The van der Waals surface area contributed by atoms with Crippen LogP contribution in [-0.4, -0.2) is 16.8 Å². The number of benzene rings is 1. The molecule has 1 aromatic heterocycles.